The second-order valence-electron chi connectivity index (χ2n) is 6.24. The fourth-order valence-electron chi connectivity index (χ4n) is 3.12. The van der Waals surface area contributed by atoms with Gasteiger partial charge in [0.05, 0.1) is 17.1 Å². The Balaban J connectivity index is 1.69. The van der Waals surface area contributed by atoms with E-state index in [1.165, 1.54) is 0 Å². The van der Waals surface area contributed by atoms with Crippen LogP contribution < -0.4 is 5.32 Å². The van der Waals surface area contributed by atoms with Crippen LogP contribution in [0.15, 0.2) is 35.2 Å². The minimum Gasteiger partial charge on any atom is -0.309 e. The Hall–Kier alpha value is -2.15. The van der Waals surface area contributed by atoms with Gasteiger partial charge in [0, 0.05) is 17.7 Å². The summed E-state index contributed by atoms with van der Waals surface area (Å²) in [6.45, 7) is 1.60. The van der Waals surface area contributed by atoms with Crippen molar-refractivity contribution < 1.29 is 13.2 Å². The predicted molar refractivity (Wildman–Crippen MR) is 96.0 cm³/mol. The molecule has 2 N–H and O–H groups in total. The number of hydrogen-bond donors (Lipinski definition) is 2. The molecule has 1 aromatic carbocycles. The van der Waals surface area contributed by atoms with E-state index in [1.54, 1.807) is 31.2 Å². The molecule has 1 saturated carbocycles. The first-order valence-corrected chi connectivity index (χ1v) is 10.1. The third-order valence-electron chi connectivity index (χ3n) is 4.51. The zero-order valence-electron chi connectivity index (χ0n) is 14.2. The molecular weight excluding hydrogens is 338 g/mol. The van der Waals surface area contributed by atoms with Gasteiger partial charge in [-0.25, -0.2) is 8.42 Å². The standard InChI is InChI=1S/C18H22N3O3S/c1-2-25(23,24)16-10-6-5-9-14(16)11-18(22)19-17-12-15(20-21-17)13-7-3-4-8-13/h3,5-6,9-10,12-13H,2,4,7-8,11H2,1H3,(H2,19,20,21,22)/t13-/m0/s1. The predicted octanol–water partition coefficient (Wildman–Crippen LogP) is 2.86. The first kappa shape index (κ1) is 17.7. The van der Waals surface area contributed by atoms with Crippen LogP contribution in [0.5, 0.6) is 0 Å². The van der Waals surface area contributed by atoms with Crippen LogP contribution in [-0.4, -0.2) is 30.3 Å². The molecule has 7 heteroatoms. The molecule has 0 aliphatic heterocycles. The number of aromatic nitrogens is 2. The number of carbonyl (C=O) groups excluding carboxylic acids is 1. The average molecular weight is 360 g/mol. The molecule has 1 aliphatic rings. The van der Waals surface area contributed by atoms with E-state index in [4.69, 9.17) is 0 Å². The Bertz CT molecular complexity index is 852. The molecule has 3 rings (SSSR count). The topological polar surface area (TPSA) is 91.9 Å². The molecule has 1 radical (unpaired) electrons. The second kappa shape index (κ2) is 7.39. The minimum absolute atomic E-state index is 0.00516. The molecule has 1 aliphatic carbocycles. The molecule has 25 heavy (non-hydrogen) atoms. The van der Waals surface area contributed by atoms with Crippen molar-refractivity contribution in [3.8, 4) is 0 Å². The van der Waals surface area contributed by atoms with Crippen molar-refractivity contribution in [1.29, 1.82) is 0 Å². The third kappa shape index (κ3) is 4.10. The number of hydrogen-bond acceptors (Lipinski definition) is 4. The number of anilines is 1. The van der Waals surface area contributed by atoms with Crippen molar-refractivity contribution in [3.05, 3.63) is 48.0 Å². The Morgan fingerprint density at radius 2 is 2.16 bits per heavy atom. The number of rotatable bonds is 6. The summed E-state index contributed by atoms with van der Waals surface area (Å²) in [5.41, 5.74) is 1.53. The number of amides is 1. The van der Waals surface area contributed by atoms with E-state index >= 15 is 0 Å². The third-order valence-corrected chi connectivity index (χ3v) is 6.34. The quantitative estimate of drug-likeness (QED) is 0.828. The number of nitrogens with one attached hydrogen (secondary N) is 2. The molecule has 133 valence electrons. The van der Waals surface area contributed by atoms with Gasteiger partial charge in [0.2, 0.25) is 5.91 Å². The highest BCUT2D eigenvalue weighted by Gasteiger charge is 2.21. The van der Waals surface area contributed by atoms with Crippen molar-refractivity contribution in [3.63, 3.8) is 0 Å². The summed E-state index contributed by atoms with van der Waals surface area (Å²) in [5, 5.41) is 9.87. The maximum atomic E-state index is 12.3. The zero-order valence-corrected chi connectivity index (χ0v) is 15.0. The molecule has 0 saturated heterocycles. The number of sulfone groups is 1. The van der Waals surface area contributed by atoms with Gasteiger partial charge >= 0.3 is 0 Å². The number of carbonyl (C=O) groups is 1. The summed E-state index contributed by atoms with van der Waals surface area (Å²) in [7, 11) is -3.36. The molecular formula is C18H22N3O3S. The van der Waals surface area contributed by atoms with Gasteiger partial charge in [0.25, 0.3) is 0 Å². The van der Waals surface area contributed by atoms with Crippen LogP contribution in [0.4, 0.5) is 5.82 Å². The first-order valence-electron chi connectivity index (χ1n) is 8.47. The van der Waals surface area contributed by atoms with E-state index in [-0.39, 0.29) is 23.0 Å². The van der Waals surface area contributed by atoms with Crippen LogP contribution in [0.3, 0.4) is 0 Å². The van der Waals surface area contributed by atoms with E-state index in [0.29, 0.717) is 17.3 Å². The molecule has 6 nitrogen and oxygen atoms in total. The SMILES string of the molecule is CCS(=O)(=O)c1ccccc1CC(=O)Nc1cc([C@H]2C[CH]CC2)[nH]n1. The molecule has 1 fully saturated rings. The summed E-state index contributed by atoms with van der Waals surface area (Å²) in [6, 6.07) is 8.48. The summed E-state index contributed by atoms with van der Waals surface area (Å²) in [5.74, 6) is 0.637. The van der Waals surface area contributed by atoms with Crippen LogP contribution in [0.25, 0.3) is 0 Å². The fraction of sp³-hybridized carbons (Fsp3) is 0.389. The molecule has 1 heterocycles. The van der Waals surface area contributed by atoms with Crippen molar-refractivity contribution in [2.24, 2.45) is 0 Å². The van der Waals surface area contributed by atoms with Gasteiger partial charge in [-0.3, -0.25) is 9.89 Å². The normalized spacial score (nSPS) is 15.4. The lowest BCUT2D eigenvalue weighted by Gasteiger charge is -2.09. The van der Waals surface area contributed by atoms with E-state index in [0.717, 1.165) is 25.0 Å². The van der Waals surface area contributed by atoms with Crippen LogP contribution in [0.2, 0.25) is 0 Å². The zero-order chi connectivity index (χ0) is 17.9. The van der Waals surface area contributed by atoms with Crippen LogP contribution in [-0.2, 0) is 21.1 Å². The molecule has 1 atom stereocenters. The average Bonchev–Trinajstić information content (AvgIpc) is 3.26. The van der Waals surface area contributed by atoms with Gasteiger partial charge in [0.15, 0.2) is 15.7 Å². The van der Waals surface area contributed by atoms with Gasteiger partial charge in [-0.2, -0.15) is 5.10 Å². The lowest BCUT2D eigenvalue weighted by Crippen LogP contribution is -2.17. The maximum absolute atomic E-state index is 12.3. The van der Waals surface area contributed by atoms with Gasteiger partial charge in [-0.1, -0.05) is 25.1 Å². The van der Waals surface area contributed by atoms with Crippen molar-refractivity contribution in [1.82, 2.24) is 10.2 Å². The molecule has 1 aromatic heterocycles. The van der Waals surface area contributed by atoms with Crippen molar-refractivity contribution >= 4 is 21.6 Å². The summed E-state index contributed by atoms with van der Waals surface area (Å²) < 4.78 is 24.3. The van der Waals surface area contributed by atoms with Crippen LogP contribution in [0.1, 0.15) is 43.4 Å². The molecule has 0 unspecified atom stereocenters. The number of aromatic amines is 1. The van der Waals surface area contributed by atoms with E-state index in [1.807, 2.05) is 6.07 Å². The summed E-state index contributed by atoms with van der Waals surface area (Å²) in [6.07, 6.45) is 5.48. The smallest absolute Gasteiger partial charge is 0.230 e. The monoisotopic (exact) mass is 360 g/mol. The van der Waals surface area contributed by atoms with Crippen molar-refractivity contribution in [2.45, 2.75) is 43.4 Å². The number of H-pyrrole nitrogens is 1. The lowest BCUT2D eigenvalue weighted by atomic mass is 10.0. The molecule has 0 bridgehead atoms. The minimum atomic E-state index is -3.36. The van der Waals surface area contributed by atoms with E-state index < -0.39 is 9.84 Å². The van der Waals surface area contributed by atoms with Gasteiger partial charge in [-0.05, 0) is 37.3 Å². The highest BCUT2D eigenvalue weighted by Crippen LogP contribution is 2.33. The Morgan fingerprint density at radius 1 is 1.36 bits per heavy atom. The Morgan fingerprint density at radius 3 is 2.88 bits per heavy atom. The Labute approximate surface area is 148 Å². The van der Waals surface area contributed by atoms with Gasteiger partial charge in [0.1, 0.15) is 0 Å². The highest BCUT2D eigenvalue weighted by molar-refractivity contribution is 7.91. The highest BCUT2D eigenvalue weighted by atomic mass is 32.2. The molecule has 2 aromatic rings. The molecule has 0 spiro atoms. The van der Waals surface area contributed by atoms with E-state index in [2.05, 4.69) is 21.9 Å². The number of nitrogens with zero attached hydrogens (tertiary/aromatic N) is 1. The maximum Gasteiger partial charge on any atom is 0.230 e. The Kier molecular flexibility index (Phi) is 5.22. The first-order chi connectivity index (χ1) is 12.0. The van der Waals surface area contributed by atoms with Gasteiger partial charge in [-0.15, -0.1) is 0 Å². The van der Waals surface area contributed by atoms with Crippen LogP contribution >= 0.6 is 0 Å². The summed E-state index contributed by atoms with van der Waals surface area (Å²) in [4.78, 5) is 12.5. The number of benzene rings is 1. The summed E-state index contributed by atoms with van der Waals surface area (Å²) >= 11 is 0. The fourth-order valence-corrected chi connectivity index (χ4v) is 4.25. The lowest BCUT2D eigenvalue weighted by molar-refractivity contribution is -0.115. The van der Waals surface area contributed by atoms with Gasteiger partial charge < -0.3 is 5.32 Å². The van der Waals surface area contributed by atoms with Crippen LogP contribution in [0, 0.1) is 6.42 Å². The largest absolute Gasteiger partial charge is 0.309 e. The second-order valence-corrected chi connectivity index (χ2v) is 8.49. The van der Waals surface area contributed by atoms with E-state index in [9.17, 15) is 13.2 Å². The molecule has 1 amide bonds. The van der Waals surface area contributed by atoms with Crippen molar-refractivity contribution in [2.75, 3.05) is 11.1 Å².